The van der Waals surface area contributed by atoms with Crippen molar-refractivity contribution in [3.8, 4) is 0 Å². The molecule has 0 radical (unpaired) electrons. The Morgan fingerprint density at radius 2 is 2.04 bits per heavy atom. The first-order valence-corrected chi connectivity index (χ1v) is 8.42. The summed E-state index contributed by atoms with van der Waals surface area (Å²) in [7, 11) is 0. The average Bonchev–Trinajstić information content (AvgIpc) is 3.04. The van der Waals surface area contributed by atoms with E-state index in [9.17, 15) is 19.7 Å². The first kappa shape index (κ1) is 17.6. The number of nitrogens with one attached hydrogen (secondary N) is 1. The van der Waals surface area contributed by atoms with Crippen LogP contribution < -0.4 is 10.2 Å². The van der Waals surface area contributed by atoms with E-state index in [0.717, 1.165) is 17.7 Å². The third kappa shape index (κ3) is 3.72. The van der Waals surface area contributed by atoms with Gasteiger partial charge in [-0.1, -0.05) is 25.1 Å². The lowest BCUT2D eigenvalue weighted by Gasteiger charge is -2.17. The molecule has 26 heavy (non-hydrogen) atoms. The molecule has 7 heteroatoms. The second-order valence-electron chi connectivity index (χ2n) is 6.23. The Hall–Kier alpha value is -3.22. The highest BCUT2D eigenvalue weighted by atomic mass is 16.6. The molecule has 2 amide bonds. The number of non-ortho nitro benzene ring substituents is 1. The summed E-state index contributed by atoms with van der Waals surface area (Å²) in [4.78, 5) is 36.8. The molecule has 1 fully saturated rings. The van der Waals surface area contributed by atoms with Crippen LogP contribution >= 0.6 is 0 Å². The fourth-order valence-electron chi connectivity index (χ4n) is 3.02. The van der Waals surface area contributed by atoms with Gasteiger partial charge in [-0.25, -0.2) is 0 Å². The Labute approximate surface area is 150 Å². The molecule has 0 bridgehead atoms. The second kappa shape index (κ2) is 7.35. The lowest BCUT2D eigenvalue weighted by atomic mass is 10.1. The molecule has 1 aliphatic heterocycles. The predicted molar refractivity (Wildman–Crippen MR) is 98.0 cm³/mol. The summed E-state index contributed by atoms with van der Waals surface area (Å²) >= 11 is 0. The minimum Gasteiger partial charge on any atom is -0.326 e. The second-order valence-corrected chi connectivity index (χ2v) is 6.23. The number of nitrogens with zero attached hydrogens (tertiary/aromatic N) is 2. The van der Waals surface area contributed by atoms with Crippen LogP contribution in [0.2, 0.25) is 0 Å². The Bertz CT molecular complexity index is 865. The van der Waals surface area contributed by atoms with Crippen molar-refractivity contribution >= 4 is 28.9 Å². The van der Waals surface area contributed by atoms with Gasteiger partial charge in [0.25, 0.3) is 5.69 Å². The molecule has 1 N–H and O–H groups in total. The number of hydrogen-bond acceptors (Lipinski definition) is 4. The zero-order valence-electron chi connectivity index (χ0n) is 14.3. The number of hydrogen-bond donors (Lipinski definition) is 1. The number of rotatable bonds is 5. The molecule has 7 nitrogen and oxygen atoms in total. The van der Waals surface area contributed by atoms with Crippen molar-refractivity contribution in [3.05, 3.63) is 64.2 Å². The first-order valence-electron chi connectivity index (χ1n) is 8.42. The molecule has 0 aliphatic carbocycles. The number of anilines is 2. The van der Waals surface area contributed by atoms with Gasteiger partial charge in [-0.3, -0.25) is 19.7 Å². The van der Waals surface area contributed by atoms with Crippen LogP contribution in [0.5, 0.6) is 0 Å². The molecule has 1 saturated heterocycles. The van der Waals surface area contributed by atoms with Crippen molar-refractivity contribution in [1.82, 2.24) is 0 Å². The van der Waals surface area contributed by atoms with E-state index >= 15 is 0 Å². The zero-order valence-corrected chi connectivity index (χ0v) is 14.3. The minimum absolute atomic E-state index is 0.0942. The van der Waals surface area contributed by atoms with Gasteiger partial charge < -0.3 is 10.2 Å². The van der Waals surface area contributed by atoms with Crippen molar-refractivity contribution in [1.29, 1.82) is 0 Å². The molecular formula is C19H19N3O4. The zero-order chi connectivity index (χ0) is 18.7. The van der Waals surface area contributed by atoms with Gasteiger partial charge in [-0.15, -0.1) is 0 Å². The van der Waals surface area contributed by atoms with Crippen LogP contribution in [0.1, 0.15) is 18.9 Å². The van der Waals surface area contributed by atoms with Gasteiger partial charge in [-0.2, -0.15) is 0 Å². The van der Waals surface area contributed by atoms with Crippen LogP contribution in [-0.2, 0) is 16.0 Å². The van der Waals surface area contributed by atoms with Crippen molar-refractivity contribution in [3.63, 3.8) is 0 Å². The van der Waals surface area contributed by atoms with E-state index in [1.807, 2.05) is 31.2 Å². The Balaban J connectivity index is 1.71. The first-order chi connectivity index (χ1) is 12.5. The van der Waals surface area contributed by atoms with E-state index in [2.05, 4.69) is 5.32 Å². The lowest BCUT2D eigenvalue weighted by Crippen LogP contribution is -2.28. The van der Waals surface area contributed by atoms with Crippen LogP contribution in [0, 0.1) is 16.0 Å². The van der Waals surface area contributed by atoms with E-state index in [-0.39, 0.29) is 23.9 Å². The molecule has 1 atom stereocenters. The Kier molecular flexibility index (Phi) is 4.97. The minimum atomic E-state index is -0.517. The summed E-state index contributed by atoms with van der Waals surface area (Å²) in [5.41, 5.74) is 2.17. The standard InChI is InChI=1S/C19H19N3O4/c1-2-13-5-3-7-16(9-13)21-12-14(10-18(21)23)19(24)20-15-6-4-8-17(11-15)22(25)26/h3-9,11,14H,2,10,12H2,1H3,(H,20,24)/t14-/m1/s1. The number of benzene rings is 2. The summed E-state index contributed by atoms with van der Waals surface area (Å²) in [5.74, 6) is -0.905. The third-order valence-electron chi connectivity index (χ3n) is 4.45. The normalized spacial score (nSPS) is 16.6. The molecule has 0 aromatic heterocycles. The van der Waals surface area contributed by atoms with Crippen molar-refractivity contribution in [2.24, 2.45) is 5.92 Å². The highest BCUT2D eigenvalue weighted by Crippen LogP contribution is 2.27. The van der Waals surface area contributed by atoms with E-state index < -0.39 is 10.8 Å². The maximum absolute atomic E-state index is 12.5. The van der Waals surface area contributed by atoms with Gasteiger partial charge in [0.2, 0.25) is 11.8 Å². The van der Waals surface area contributed by atoms with Crippen molar-refractivity contribution in [2.75, 3.05) is 16.8 Å². The number of carbonyl (C=O) groups is 2. The summed E-state index contributed by atoms with van der Waals surface area (Å²) in [6.45, 7) is 2.34. The summed E-state index contributed by atoms with van der Waals surface area (Å²) in [6.07, 6.45) is 0.990. The van der Waals surface area contributed by atoms with Crippen LogP contribution in [0.15, 0.2) is 48.5 Å². The molecule has 3 rings (SSSR count). The van der Waals surface area contributed by atoms with Crippen LogP contribution in [-0.4, -0.2) is 23.3 Å². The quantitative estimate of drug-likeness (QED) is 0.660. The summed E-state index contributed by atoms with van der Waals surface area (Å²) < 4.78 is 0. The topological polar surface area (TPSA) is 92.6 Å². The lowest BCUT2D eigenvalue weighted by molar-refractivity contribution is -0.384. The highest BCUT2D eigenvalue weighted by Gasteiger charge is 2.35. The summed E-state index contributed by atoms with van der Waals surface area (Å²) in [6, 6.07) is 13.5. The van der Waals surface area contributed by atoms with Crippen LogP contribution in [0.4, 0.5) is 17.1 Å². The maximum Gasteiger partial charge on any atom is 0.271 e. The molecule has 2 aromatic rings. The number of nitro groups is 1. The summed E-state index contributed by atoms with van der Waals surface area (Å²) in [5, 5.41) is 13.5. The SMILES string of the molecule is CCc1cccc(N2C[C@H](C(=O)Nc3cccc([N+](=O)[O-])c3)CC2=O)c1. The monoisotopic (exact) mass is 353 g/mol. The van der Waals surface area contributed by atoms with Gasteiger partial charge >= 0.3 is 0 Å². The fourth-order valence-corrected chi connectivity index (χ4v) is 3.02. The van der Waals surface area contributed by atoms with Gasteiger partial charge in [-0.05, 0) is 30.2 Å². The number of amides is 2. The molecule has 134 valence electrons. The van der Waals surface area contributed by atoms with Gasteiger partial charge in [0.05, 0.1) is 10.8 Å². The smallest absolute Gasteiger partial charge is 0.271 e. The molecule has 0 saturated carbocycles. The van der Waals surface area contributed by atoms with Crippen LogP contribution in [0.3, 0.4) is 0 Å². The number of carbonyl (C=O) groups excluding carboxylic acids is 2. The Morgan fingerprint density at radius 1 is 1.27 bits per heavy atom. The van der Waals surface area contributed by atoms with Crippen molar-refractivity contribution < 1.29 is 14.5 Å². The molecule has 2 aromatic carbocycles. The van der Waals surface area contributed by atoms with E-state index in [4.69, 9.17) is 0 Å². The average molecular weight is 353 g/mol. The fraction of sp³-hybridized carbons (Fsp3) is 0.263. The van der Waals surface area contributed by atoms with Gasteiger partial charge in [0.15, 0.2) is 0 Å². The maximum atomic E-state index is 12.5. The van der Waals surface area contributed by atoms with E-state index in [1.165, 1.54) is 18.2 Å². The van der Waals surface area contributed by atoms with Gasteiger partial charge in [0, 0.05) is 36.5 Å². The number of nitro benzene ring substituents is 1. The van der Waals surface area contributed by atoms with Crippen molar-refractivity contribution in [2.45, 2.75) is 19.8 Å². The van der Waals surface area contributed by atoms with E-state index in [0.29, 0.717) is 12.2 Å². The van der Waals surface area contributed by atoms with E-state index in [1.54, 1.807) is 11.0 Å². The molecular weight excluding hydrogens is 334 g/mol. The molecule has 1 heterocycles. The predicted octanol–water partition coefficient (Wildman–Crippen LogP) is 3.15. The largest absolute Gasteiger partial charge is 0.326 e. The molecule has 1 aliphatic rings. The van der Waals surface area contributed by atoms with Gasteiger partial charge in [0.1, 0.15) is 0 Å². The molecule has 0 spiro atoms. The highest BCUT2D eigenvalue weighted by molar-refractivity contribution is 6.03. The third-order valence-corrected chi connectivity index (χ3v) is 4.45. The molecule has 0 unspecified atom stereocenters. The van der Waals surface area contributed by atoms with Crippen LogP contribution in [0.25, 0.3) is 0 Å². The number of aryl methyl sites for hydroxylation is 1. The Morgan fingerprint density at radius 3 is 2.77 bits per heavy atom.